The summed E-state index contributed by atoms with van der Waals surface area (Å²) in [7, 11) is 3.61. The molecule has 1 N–H and O–H groups in total. The molecular formula is C36H36Cl2F3N3. The van der Waals surface area contributed by atoms with Gasteiger partial charge in [-0.2, -0.15) is 13.2 Å². The normalized spacial score (nSPS) is 12.5. The summed E-state index contributed by atoms with van der Waals surface area (Å²) < 4.78 is 37.3. The Morgan fingerprint density at radius 3 is 2.20 bits per heavy atom. The Balaban J connectivity index is 0.000000269. The lowest BCUT2D eigenvalue weighted by Crippen LogP contribution is -2.17. The van der Waals surface area contributed by atoms with Crippen molar-refractivity contribution in [2.45, 2.75) is 33.0 Å². The van der Waals surface area contributed by atoms with Crippen LogP contribution in [0.1, 0.15) is 47.8 Å². The molecule has 0 aliphatic carbocycles. The number of benzene rings is 3. The second kappa shape index (κ2) is 15.8. The number of allylic oxidation sites excluding steroid dienone is 2. The highest BCUT2D eigenvalue weighted by molar-refractivity contribution is 6.30. The summed E-state index contributed by atoms with van der Waals surface area (Å²) in [5, 5.41) is 4.04. The molecule has 4 rings (SSSR count). The van der Waals surface area contributed by atoms with Crippen LogP contribution in [0, 0.1) is 6.92 Å². The first-order valence-corrected chi connectivity index (χ1v) is 14.7. The second-order valence-corrected chi connectivity index (χ2v) is 11.0. The highest BCUT2D eigenvalue weighted by Gasteiger charge is 2.30. The number of likely N-dealkylation sites (N-methyl/N-ethyl adjacent to an activating group) is 1. The maximum Gasteiger partial charge on any atom is 0.412 e. The summed E-state index contributed by atoms with van der Waals surface area (Å²) in [5.74, 6) is 0. The van der Waals surface area contributed by atoms with Crippen LogP contribution in [0.5, 0.6) is 0 Å². The van der Waals surface area contributed by atoms with E-state index in [1.54, 1.807) is 31.3 Å². The number of hydrogen-bond donors (Lipinski definition) is 1. The number of aromatic nitrogens is 1. The van der Waals surface area contributed by atoms with Crippen LogP contribution in [-0.2, 0) is 0 Å². The SMILES string of the molecule is C=C(c1ccc(C)c(/C=C/C)c1)c1ccc(N(C)c2ccc(Cl)cc2)cn1.CNC(/C=C(\C)C(F)(F)F)c1cccc(Cl)c1. The zero-order valence-corrected chi connectivity index (χ0v) is 26.9. The van der Waals surface area contributed by atoms with Crippen molar-refractivity contribution in [1.82, 2.24) is 10.3 Å². The van der Waals surface area contributed by atoms with Gasteiger partial charge in [0.05, 0.1) is 23.6 Å². The van der Waals surface area contributed by atoms with E-state index in [1.807, 2.05) is 50.5 Å². The van der Waals surface area contributed by atoms with Crippen molar-refractivity contribution < 1.29 is 13.2 Å². The van der Waals surface area contributed by atoms with Gasteiger partial charge in [0.15, 0.2) is 0 Å². The van der Waals surface area contributed by atoms with Crippen LogP contribution in [0.3, 0.4) is 0 Å². The molecule has 3 nitrogen and oxygen atoms in total. The molecule has 1 aromatic heterocycles. The molecule has 0 saturated heterocycles. The van der Waals surface area contributed by atoms with Crippen LogP contribution in [-0.4, -0.2) is 25.3 Å². The molecule has 4 aromatic rings. The maximum atomic E-state index is 12.4. The quantitative estimate of drug-likeness (QED) is 0.195. The lowest BCUT2D eigenvalue weighted by molar-refractivity contribution is -0.0917. The average molecular weight is 639 g/mol. The Bertz CT molecular complexity index is 1610. The fraction of sp³-hybridized carbons (Fsp3) is 0.194. The zero-order valence-electron chi connectivity index (χ0n) is 25.4. The van der Waals surface area contributed by atoms with Gasteiger partial charge in [0.25, 0.3) is 0 Å². The monoisotopic (exact) mass is 637 g/mol. The minimum atomic E-state index is -4.30. The van der Waals surface area contributed by atoms with Crippen molar-refractivity contribution in [3.8, 4) is 0 Å². The number of anilines is 2. The van der Waals surface area contributed by atoms with Crippen molar-refractivity contribution in [3.05, 3.63) is 147 Å². The number of pyridine rings is 1. The first-order chi connectivity index (χ1) is 20.8. The van der Waals surface area contributed by atoms with E-state index < -0.39 is 17.8 Å². The smallest absolute Gasteiger partial charge is 0.343 e. The topological polar surface area (TPSA) is 28.2 Å². The third-order valence-corrected chi connectivity index (χ3v) is 7.50. The first-order valence-electron chi connectivity index (χ1n) is 13.9. The predicted octanol–water partition coefficient (Wildman–Crippen LogP) is 11.0. The van der Waals surface area contributed by atoms with Crippen molar-refractivity contribution >= 4 is 46.2 Å². The molecule has 0 aliphatic heterocycles. The highest BCUT2D eigenvalue weighted by Crippen LogP contribution is 2.29. The summed E-state index contributed by atoms with van der Waals surface area (Å²) in [6.07, 6.45) is 2.88. The van der Waals surface area contributed by atoms with Gasteiger partial charge >= 0.3 is 6.18 Å². The molecule has 1 atom stereocenters. The van der Waals surface area contributed by atoms with E-state index in [0.717, 1.165) is 46.2 Å². The minimum Gasteiger partial charge on any atom is -0.343 e. The number of aryl methyl sites for hydroxylation is 1. The van der Waals surface area contributed by atoms with Gasteiger partial charge in [-0.3, -0.25) is 4.98 Å². The summed E-state index contributed by atoms with van der Waals surface area (Å²) in [6.45, 7) is 9.44. The van der Waals surface area contributed by atoms with Crippen LogP contribution >= 0.6 is 23.2 Å². The lowest BCUT2D eigenvalue weighted by atomic mass is 9.98. The Labute approximate surface area is 268 Å². The predicted molar refractivity (Wildman–Crippen MR) is 181 cm³/mol. The molecule has 0 amide bonds. The van der Waals surface area contributed by atoms with E-state index >= 15 is 0 Å². The van der Waals surface area contributed by atoms with E-state index in [1.165, 1.54) is 11.1 Å². The van der Waals surface area contributed by atoms with Crippen LogP contribution in [0.25, 0.3) is 11.6 Å². The molecule has 8 heteroatoms. The molecule has 44 heavy (non-hydrogen) atoms. The molecule has 1 unspecified atom stereocenters. The Hall–Kier alpha value is -3.84. The summed E-state index contributed by atoms with van der Waals surface area (Å²) >= 11 is 11.8. The molecule has 0 fully saturated rings. The van der Waals surface area contributed by atoms with Crippen LogP contribution < -0.4 is 10.2 Å². The molecule has 3 aromatic carbocycles. The molecule has 1 heterocycles. The maximum absolute atomic E-state index is 12.4. The van der Waals surface area contributed by atoms with Gasteiger partial charge < -0.3 is 10.2 Å². The van der Waals surface area contributed by atoms with Gasteiger partial charge in [-0.05, 0) is 105 Å². The Kier molecular flexibility index (Phi) is 12.4. The van der Waals surface area contributed by atoms with E-state index in [-0.39, 0.29) is 0 Å². The lowest BCUT2D eigenvalue weighted by Gasteiger charge is -2.19. The largest absolute Gasteiger partial charge is 0.412 e. The number of nitrogens with zero attached hydrogens (tertiary/aromatic N) is 2. The average Bonchev–Trinajstić information content (AvgIpc) is 3.00. The number of alkyl halides is 3. The molecule has 0 aliphatic rings. The molecule has 230 valence electrons. The van der Waals surface area contributed by atoms with Gasteiger partial charge in [-0.1, -0.05) is 72.3 Å². The van der Waals surface area contributed by atoms with Crippen molar-refractivity contribution in [2.75, 3.05) is 19.0 Å². The Morgan fingerprint density at radius 1 is 0.955 bits per heavy atom. The van der Waals surface area contributed by atoms with E-state index in [4.69, 9.17) is 23.2 Å². The Morgan fingerprint density at radius 2 is 1.64 bits per heavy atom. The highest BCUT2D eigenvalue weighted by atomic mass is 35.5. The molecule has 0 saturated carbocycles. The number of nitrogens with one attached hydrogen (secondary N) is 1. The van der Waals surface area contributed by atoms with Crippen molar-refractivity contribution in [2.24, 2.45) is 0 Å². The summed E-state index contributed by atoms with van der Waals surface area (Å²) in [5.41, 5.74) is 7.46. The third-order valence-electron chi connectivity index (χ3n) is 7.01. The number of halogens is 5. The van der Waals surface area contributed by atoms with Gasteiger partial charge in [-0.25, -0.2) is 0 Å². The standard InChI is InChI=1S/C24H23ClN2.C12H13ClF3N/c1-5-6-19-15-20(8-7-17(19)2)18(3)24-14-13-23(16-26-24)27(4)22-11-9-21(25)10-12-22;1-8(12(14,15)16)6-11(17-2)9-4-3-5-10(13)7-9/h5-16H,3H2,1-2,4H3;3-7,11,17H,1-2H3/b6-5+;8-6+. The summed E-state index contributed by atoms with van der Waals surface area (Å²) in [4.78, 5) is 6.71. The van der Waals surface area contributed by atoms with Gasteiger partial charge in [0.2, 0.25) is 0 Å². The fourth-order valence-electron chi connectivity index (χ4n) is 4.30. The second-order valence-electron chi connectivity index (χ2n) is 10.2. The van der Waals surface area contributed by atoms with Crippen LogP contribution in [0.2, 0.25) is 10.0 Å². The zero-order chi connectivity index (χ0) is 32.4. The molecular weight excluding hydrogens is 602 g/mol. The van der Waals surface area contributed by atoms with Crippen LogP contribution in [0.15, 0.2) is 109 Å². The van der Waals surface area contributed by atoms with E-state index in [0.29, 0.717) is 10.6 Å². The molecule has 0 radical (unpaired) electrons. The van der Waals surface area contributed by atoms with Gasteiger partial charge in [-0.15, -0.1) is 0 Å². The number of hydrogen-bond acceptors (Lipinski definition) is 3. The van der Waals surface area contributed by atoms with Crippen molar-refractivity contribution in [1.29, 1.82) is 0 Å². The molecule has 0 bridgehead atoms. The van der Waals surface area contributed by atoms with Crippen molar-refractivity contribution in [3.63, 3.8) is 0 Å². The van der Waals surface area contributed by atoms with E-state index in [2.05, 4.69) is 65.1 Å². The van der Waals surface area contributed by atoms with E-state index in [9.17, 15) is 13.2 Å². The fourth-order valence-corrected chi connectivity index (χ4v) is 4.63. The minimum absolute atomic E-state index is 0.501. The van der Waals surface area contributed by atoms with Gasteiger partial charge in [0, 0.05) is 33.9 Å². The third kappa shape index (κ3) is 9.58. The van der Waals surface area contributed by atoms with Gasteiger partial charge in [0.1, 0.15) is 0 Å². The molecule has 0 spiro atoms. The number of rotatable bonds is 8. The van der Waals surface area contributed by atoms with Crippen LogP contribution in [0.4, 0.5) is 24.5 Å². The first kappa shape index (κ1) is 34.6. The summed E-state index contributed by atoms with van der Waals surface area (Å²) in [6, 6.07) is 24.5.